The van der Waals surface area contributed by atoms with Crippen LogP contribution in [-0.2, 0) is 9.59 Å². The topological polar surface area (TPSA) is 121 Å². The Balaban J connectivity index is 1.82. The van der Waals surface area contributed by atoms with Crippen molar-refractivity contribution < 1.29 is 19.1 Å². The Morgan fingerprint density at radius 2 is 2.09 bits per heavy atom. The molecule has 0 unspecified atom stereocenters. The number of hydrogen-bond donors (Lipinski definition) is 2. The zero-order chi connectivity index (χ0) is 23.3. The van der Waals surface area contributed by atoms with E-state index < -0.39 is 6.04 Å². The number of carbonyl (C=O) groups is 3. The number of nitrogens with two attached hydrogens (primary N) is 1. The van der Waals surface area contributed by atoms with Crippen LogP contribution in [0.15, 0.2) is 18.5 Å². The number of pyridine rings is 1. The summed E-state index contributed by atoms with van der Waals surface area (Å²) in [6, 6.07) is 0.683. The molecule has 3 rings (SSSR count). The lowest BCUT2D eigenvalue weighted by atomic mass is 10.1. The molecular weight excluding hydrogens is 412 g/mol. The van der Waals surface area contributed by atoms with Gasteiger partial charge in [-0.3, -0.25) is 19.4 Å². The molecule has 3 atom stereocenters. The molecule has 0 aliphatic carbocycles. The first kappa shape index (κ1) is 23.9. The van der Waals surface area contributed by atoms with Gasteiger partial charge >= 0.3 is 0 Å². The molecule has 0 spiro atoms. The van der Waals surface area contributed by atoms with Crippen molar-refractivity contribution in [3.05, 3.63) is 24.0 Å². The molecule has 2 aliphatic rings. The fraction of sp³-hybridized carbons (Fsp3) is 0.636. The summed E-state index contributed by atoms with van der Waals surface area (Å²) in [5.74, 6) is 0.0128. The quantitative estimate of drug-likeness (QED) is 0.653. The lowest BCUT2D eigenvalue weighted by Gasteiger charge is -2.29. The molecule has 10 nitrogen and oxygen atoms in total. The molecule has 10 heteroatoms. The summed E-state index contributed by atoms with van der Waals surface area (Å²) >= 11 is 0. The van der Waals surface area contributed by atoms with Gasteiger partial charge in [-0.15, -0.1) is 0 Å². The standard InChI is InChI=1S/C22H34N6O4/c1-26(2)13-20(29)25-19-6-4-5-7-27(3)21(30)15-8-18(11-24-10-15)32-14-17-9-16(23)12-28(17)22(19)31/h8,10-11,16-17,19H,4-7,9,12-14,23H2,1-3H3,(H,25,29)/t16-,17-,19-/m0/s1. The van der Waals surface area contributed by atoms with Crippen LogP contribution in [0, 0.1) is 0 Å². The second kappa shape index (κ2) is 10.7. The second-order valence-corrected chi connectivity index (χ2v) is 8.94. The molecule has 1 aromatic heterocycles. The van der Waals surface area contributed by atoms with Gasteiger partial charge in [0, 0.05) is 32.4 Å². The van der Waals surface area contributed by atoms with Crippen molar-refractivity contribution in [3.63, 3.8) is 0 Å². The number of ether oxygens (including phenoxy) is 1. The molecule has 2 bridgehead atoms. The molecule has 3 heterocycles. The van der Waals surface area contributed by atoms with Crippen molar-refractivity contribution in [3.8, 4) is 5.75 Å². The molecule has 32 heavy (non-hydrogen) atoms. The van der Waals surface area contributed by atoms with Crippen molar-refractivity contribution in [2.24, 2.45) is 5.73 Å². The zero-order valence-electron chi connectivity index (χ0n) is 19.1. The van der Waals surface area contributed by atoms with Gasteiger partial charge < -0.3 is 30.5 Å². The number of likely N-dealkylation sites (N-methyl/N-ethyl adjacent to an activating group) is 1. The predicted octanol–water partition coefficient (Wildman–Crippen LogP) is -0.309. The molecular formula is C22H34N6O4. The Morgan fingerprint density at radius 1 is 1.31 bits per heavy atom. The van der Waals surface area contributed by atoms with Gasteiger partial charge in [0.2, 0.25) is 11.8 Å². The highest BCUT2D eigenvalue weighted by Gasteiger charge is 2.37. The van der Waals surface area contributed by atoms with Crippen LogP contribution in [0.1, 0.15) is 36.0 Å². The van der Waals surface area contributed by atoms with Crippen LogP contribution in [0.3, 0.4) is 0 Å². The van der Waals surface area contributed by atoms with Crippen LogP contribution in [0.25, 0.3) is 0 Å². The third kappa shape index (κ3) is 6.17. The molecule has 3 N–H and O–H groups in total. The summed E-state index contributed by atoms with van der Waals surface area (Å²) in [6.45, 7) is 1.41. The third-order valence-electron chi connectivity index (χ3n) is 5.81. The Bertz CT molecular complexity index is 832. The van der Waals surface area contributed by atoms with Gasteiger partial charge in [-0.2, -0.15) is 0 Å². The van der Waals surface area contributed by atoms with Crippen molar-refractivity contribution in [1.82, 2.24) is 25.0 Å². The Hall–Kier alpha value is -2.72. The van der Waals surface area contributed by atoms with Gasteiger partial charge in [-0.05, 0) is 45.8 Å². The molecule has 1 fully saturated rings. The van der Waals surface area contributed by atoms with E-state index in [2.05, 4.69) is 10.3 Å². The Labute approximate surface area is 189 Å². The molecule has 3 amide bonds. The monoisotopic (exact) mass is 446 g/mol. The lowest BCUT2D eigenvalue weighted by Crippen LogP contribution is -2.52. The molecule has 2 aliphatic heterocycles. The lowest BCUT2D eigenvalue weighted by molar-refractivity contribution is -0.138. The molecule has 0 aromatic carbocycles. The molecule has 1 saturated heterocycles. The van der Waals surface area contributed by atoms with Gasteiger partial charge in [0.25, 0.3) is 5.91 Å². The van der Waals surface area contributed by atoms with Crippen molar-refractivity contribution >= 4 is 17.7 Å². The van der Waals surface area contributed by atoms with Gasteiger partial charge in [-0.25, -0.2) is 0 Å². The smallest absolute Gasteiger partial charge is 0.255 e. The van der Waals surface area contributed by atoms with Gasteiger partial charge in [0.1, 0.15) is 18.4 Å². The molecule has 176 valence electrons. The average Bonchev–Trinajstić information content (AvgIpc) is 3.12. The maximum atomic E-state index is 13.4. The number of nitrogens with one attached hydrogen (secondary N) is 1. The summed E-state index contributed by atoms with van der Waals surface area (Å²) in [6.07, 6.45) is 5.59. The van der Waals surface area contributed by atoms with Crippen molar-refractivity contribution in [2.45, 2.75) is 43.8 Å². The van der Waals surface area contributed by atoms with Crippen LogP contribution in [0.4, 0.5) is 0 Å². The van der Waals surface area contributed by atoms with E-state index in [-0.39, 0.29) is 43.0 Å². The van der Waals surface area contributed by atoms with E-state index in [0.29, 0.717) is 50.1 Å². The van der Waals surface area contributed by atoms with E-state index in [0.717, 1.165) is 0 Å². The molecule has 1 aromatic rings. The fourth-order valence-electron chi connectivity index (χ4n) is 4.19. The highest BCUT2D eigenvalue weighted by molar-refractivity contribution is 5.94. The zero-order valence-corrected chi connectivity index (χ0v) is 19.1. The first-order chi connectivity index (χ1) is 15.2. The van der Waals surface area contributed by atoms with Crippen LogP contribution in [0.5, 0.6) is 5.75 Å². The average molecular weight is 447 g/mol. The Morgan fingerprint density at radius 3 is 2.84 bits per heavy atom. The van der Waals surface area contributed by atoms with Crippen LogP contribution in [0.2, 0.25) is 0 Å². The highest BCUT2D eigenvalue weighted by atomic mass is 16.5. The van der Waals surface area contributed by atoms with Crippen LogP contribution >= 0.6 is 0 Å². The van der Waals surface area contributed by atoms with E-state index >= 15 is 0 Å². The fourth-order valence-corrected chi connectivity index (χ4v) is 4.19. The van der Waals surface area contributed by atoms with E-state index in [4.69, 9.17) is 10.5 Å². The maximum absolute atomic E-state index is 13.4. The number of fused-ring (bicyclic) bond motifs is 3. The van der Waals surface area contributed by atoms with Gasteiger partial charge in [0.15, 0.2) is 0 Å². The second-order valence-electron chi connectivity index (χ2n) is 8.94. The van der Waals surface area contributed by atoms with E-state index in [1.807, 2.05) is 0 Å². The summed E-state index contributed by atoms with van der Waals surface area (Å²) in [4.78, 5) is 47.8. The summed E-state index contributed by atoms with van der Waals surface area (Å²) in [5.41, 5.74) is 6.63. The number of nitrogens with zero attached hydrogens (tertiary/aromatic N) is 4. The number of aromatic nitrogens is 1. The number of carbonyl (C=O) groups excluding carboxylic acids is 3. The largest absolute Gasteiger partial charge is 0.490 e. The summed E-state index contributed by atoms with van der Waals surface area (Å²) < 4.78 is 5.91. The van der Waals surface area contributed by atoms with Gasteiger partial charge in [-0.1, -0.05) is 0 Å². The minimum absolute atomic E-state index is 0.130. The first-order valence-electron chi connectivity index (χ1n) is 11.1. The third-order valence-corrected chi connectivity index (χ3v) is 5.81. The number of hydrogen-bond acceptors (Lipinski definition) is 7. The van der Waals surface area contributed by atoms with E-state index in [1.54, 1.807) is 48.1 Å². The van der Waals surface area contributed by atoms with Crippen molar-refractivity contribution in [1.29, 1.82) is 0 Å². The van der Waals surface area contributed by atoms with E-state index in [1.165, 1.54) is 6.20 Å². The molecule has 0 radical (unpaired) electrons. The Kier molecular flexibility index (Phi) is 8.03. The normalized spacial score (nSPS) is 25.1. The molecule has 0 saturated carbocycles. The van der Waals surface area contributed by atoms with Crippen LogP contribution in [-0.4, -0.2) is 103 Å². The summed E-state index contributed by atoms with van der Waals surface area (Å²) in [7, 11) is 5.36. The highest BCUT2D eigenvalue weighted by Crippen LogP contribution is 2.22. The number of rotatable bonds is 3. The minimum atomic E-state index is -0.635. The predicted molar refractivity (Wildman–Crippen MR) is 119 cm³/mol. The van der Waals surface area contributed by atoms with Gasteiger partial charge in [0.05, 0.1) is 24.3 Å². The minimum Gasteiger partial charge on any atom is -0.490 e. The van der Waals surface area contributed by atoms with Crippen molar-refractivity contribution in [2.75, 3.05) is 47.4 Å². The van der Waals surface area contributed by atoms with E-state index in [9.17, 15) is 14.4 Å². The number of amides is 3. The van der Waals surface area contributed by atoms with Crippen LogP contribution < -0.4 is 15.8 Å². The first-order valence-corrected chi connectivity index (χ1v) is 11.1. The SMILES string of the molecule is CN(C)CC(=O)N[C@H]1CCCCN(C)C(=O)c2cncc(c2)OC[C@@H]2C[C@H](N)CN2C1=O. The maximum Gasteiger partial charge on any atom is 0.255 e. The summed E-state index contributed by atoms with van der Waals surface area (Å²) in [5, 5.41) is 2.90.